The summed E-state index contributed by atoms with van der Waals surface area (Å²) < 4.78 is 0. The van der Waals surface area contributed by atoms with Crippen LogP contribution >= 0.6 is 30.1 Å². The molecule has 0 aromatic rings. The Hall–Kier alpha value is 0.01000. The van der Waals surface area contributed by atoms with Crippen LogP contribution in [0.3, 0.4) is 0 Å². The Kier molecular flexibility index (Phi) is 3.39. The molecule has 0 saturated heterocycles. The van der Waals surface area contributed by atoms with Crippen molar-refractivity contribution in [1.82, 2.24) is 0 Å². The summed E-state index contributed by atoms with van der Waals surface area (Å²) in [5, 5.41) is 13.5. The van der Waals surface area contributed by atoms with Crippen LogP contribution in [0.2, 0.25) is 0 Å². The first-order valence-corrected chi connectivity index (χ1v) is 8.64. The number of carbonyl (C=O) groups is 1. The van der Waals surface area contributed by atoms with Gasteiger partial charge < -0.3 is 5.11 Å². The second kappa shape index (κ2) is 4.35. The molecule has 2 rings (SSSR count). The van der Waals surface area contributed by atoms with Crippen molar-refractivity contribution in [1.29, 1.82) is 0 Å². The molecule has 0 aromatic carbocycles. The van der Waals surface area contributed by atoms with Crippen LogP contribution < -0.4 is 0 Å². The van der Waals surface area contributed by atoms with E-state index in [2.05, 4.69) is 32.4 Å². The zero-order chi connectivity index (χ0) is 11.8. The van der Waals surface area contributed by atoms with Crippen LogP contribution in [0.4, 0.5) is 0 Å². The minimum Gasteiger partial charge on any atom is -0.377 e. The highest BCUT2D eigenvalue weighted by molar-refractivity contribution is 14.2. The zero-order valence-corrected chi connectivity index (χ0v) is 12.0. The van der Waals surface area contributed by atoms with Gasteiger partial charge in [-0.1, -0.05) is 18.4 Å². The van der Waals surface area contributed by atoms with E-state index in [1.165, 1.54) is 8.93 Å². The smallest absolute Gasteiger partial charge is 0.155 e. The predicted octanol–water partition coefficient (Wildman–Crippen LogP) is 2.85. The lowest BCUT2D eigenvalue weighted by molar-refractivity contribution is -0.116. The van der Waals surface area contributed by atoms with Crippen LogP contribution in [0.15, 0.2) is 11.6 Å². The summed E-state index contributed by atoms with van der Waals surface area (Å²) in [6.45, 7) is 2.03. The van der Waals surface area contributed by atoms with E-state index < -0.39 is 5.60 Å². The van der Waals surface area contributed by atoms with Gasteiger partial charge in [0.1, 0.15) is 5.60 Å². The maximum absolute atomic E-state index is 11.4. The van der Waals surface area contributed by atoms with Crippen molar-refractivity contribution < 1.29 is 9.90 Å². The third-order valence-corrected chi connectivity index (χ3v) is 4.72. The Labute approximate surface area is 112 Å². The first-order chi connectivity index (χ1) is 7.52. The highest BCUT2D eigenvalue weighted by Crippen LogP contribution is 2.54. The first-order valence-electron chi connectivity index (χ1n) is 5.28. The normalized spacial score (nSPS) is 37.4. The minimum atomic E-state index is -0.947. The van der Waals surface area contributed by atoms with E-state index in [-0.39, 0.29) is 11.2 Å². The summed E-state index contributed by atoms with van der Waals surface area (Å²) in [7, 11) is 1.39. The van der Waals surface area contributed by atoms with E-state index in [1.807, 2.05) is 6.92 Å². The van der Waals surface area contributed by atoms with Crippen molar-refractivity contribution >= 4 is 35.9 Å². The average molecular weight is 348 g/mol. The fraction of sp³-hybridized carbons (Fsp3) is 0.583. The second-order valence-electron chi connectivity index (χ2n) is 4.63. The molecular formula is C12H13IO2S. The fourth-order valence-corrected chi connectivity index (χ4v) is 3.21. The van der Waals surface area contributed by atoms with Gasteiger partial charge in [0.2, 0.25) is 0 Å². The Balaban J connectivity index is 2.40. The standard InChI is InChI=1S/C12H13IO2S/c1-11-4-3-10(14)8-9(11)2-5-12(11,15)6-7-16-13/h8,15H,2-5H2,1H3. The number of rotatable bonds is 0. The van der Waals surface area contributed by atoms with Gasteiger partial charge in [-0.3, -0.25) is 4.79 Å². The summed E-state index contributed by atoms with van der Waals surface area (Å²) >= 11 is 2.10. The van der Waals surface area contributed by atoms with E-state index in [1.54, 1.807) is 6.08 Å². The van der Waals surface area contributed by atoms with E-state index in [4.69, 9.17) is 0 Å². The van der Waals surface area contributed by atoms with Crippen LogP contribution in [0.1, 0.15) is 32.6 Å². The number of carbonyl (C=O) groups excluding carboxylic acids is 1. The Morgan fingerprint density at radius 1 is 1.50 bits per heavy atom. The lowest BCUT2D eigenvalue weighted by Crippen LogP contribution is -2.43. The van der Waals surface area contributed by atoms with Crippen molar-refractivity contribution in [3.63, 3.8) is 0 Å². The number of allylic oxidation sites excluding steroid dienone is 1. The average Bonchev–Trinajstić information content (AvgIpc) is 2.51. The Bertz CT molecular complexity index is 420. The highest BCUT2D eigenvalue weighted by atomic mass is 127. The van der Waals surface area contributed by atoms with Crippen molar-refractivity contribution in [3.05, 3.63) is 11.6 Å². The molecule has 0 radical (unpaired) electrons. The monoisotopic (exact) mass is 348 g/mol. The first kappa shape index (κ1) is 12.5. The van der Waals surface area contributed by atoms with Gasteiger partial charge in [-0.25, -0.2) is 0 Å². The molecule has 1 saturated carbocycles. The van der Waals surface area contributed by atoms with Gasteiger partial charge in [-0.2, -0.15) is 0 Å². The molecule has 2 unspecified atom stereocenters. The molecule has 0 bridgehead atoms. The topological polar surface area (TPSA) is 37.3 Å². The Morgan fingerprint density at radius 2 is 2.25 bits per heavy atom. The van der Waals surface area contributed by atoms with Crippen LogP contribution in [0, 0.1) is 16.6 Å². The van der Waals surface area contributed by atoms with Gasteiger partial charge in [-0.15, -0.1) is 0 Å². The Morgan fingerprint density at radius 3 is 2.94 bits per heavy atom. The molecule has 0 aliphatic heterocycles. The zero-order valence-electron chi connectivity index (χ0n) is 9.05. The molecule has 86 valence electrons. The predicted molar refractivity (Wildman–Crippen MR) is 74.0 cm³/mol. The molecule has 0 aromatic heterocycles. The maximum Gasteiger partial charge on any atom is 0.155 e. The van der Waals surface area contributed by atoms with Crippen LogP contribution in [-0.2, 0) is 4.79 Å². The molecule has 0 heterocycles. The molecule has 2 nitrogen and oxygen atoms in total. The summed E-state index contributed by atoms with van der Waals surface area (Å²) in [5.74, 6) is 3.16. The number of fused-ring (bicyclic) bond motifs is 1. The van der Waals surface area contributed by atoms with Crippen molar-refractivity contribution in [2.45, 2.75) is 38.2 Å². The van der Waals surface area contributed by atoms with Crippen LogP contribution in [-0.4, -0.2) is 16.5 Å². The van der Waals surface area contributed by atoms with Gasteiger partial charge in [0.25, 0.3) is 0 Å². The third-order valence-electron chi connectivity index (χ3n) is 3.88. The molecule has 0 amide bonds. The molecule has 2 atom stereocenters. The summed E-state index contributed by atoms with van der Waals surface area (Å²) in [4.78, 5) is 11.4. The fourth-order valence-electron chi connectivity index (χ4n) is 2.68. The number of halogens is 1. The van der Waals surface area contributed by atoms with Gasteiger partial charge in [0.05, 0.1) is 0 Å². The van der Waals surface area contributed by atoms with E-state index >= 15 is 0 Å². The largest absolute Gasteiger partial charge is 0.377 e. The summed E-state index contributed by atoms with van der Waals surface area (Å²) in [5.41, 5.74) is -0.183. The number of hydrogen-bond acceptors (Lipinski definition) is 3. The quantitative estimate of drug-likeness (QED) is 0.540. The highest BCUT2D eigenvalue weighted by Gasteiger charge is 2.54. The molecule has 1 N–H and O–H groups in total. The molecule has 0 spiro atoms. The molecule has 1 fully saturated rings. The number of aliphatic hydroxyl groups is 1. The van der Waals surface area contributed by atoms with E-state index in [0.29, 0.717) is 12.8 Å². The lowest BCUT2D eigenvalue weighted by Gasteiger charge is -2.38. The number of ketones is 1. The summed E-state index contributed by atoms with van der Waals surface area (Å²) in [6, 6.07) is 0. The molecule has 4 heteroatoms. The SMILES string of the molecule is CC12CCC(=O)C=C1CCC2(O)C#CSI. The lowest BCUT2D eigenvalue weighted by atomic mass is 9.68. The van der Waals surface area contributed by atoms with Gasteiger partial charge in [0.15, 0.2) is 5.78 Å². The number of hydrogen-bond donors (Lipinski definition) is 1. The van der Waals surface area contributed by atoms with Crippen molar-refractivity contribution in [2.24, 2.45) is 5.41 Å². The summed E-state index contributed by atoms with van der Waals surface area (Å²) in [6.07, 6.45) is 4.41. The van der Waals surface area contributed by atoms with E-state index in [9.17, 15) is 9.90 Å². The molecule has 2 aliphatic carbocycles. The van der Waals surface area contributed by atoms with Gasteiger partial charge >= 0.3 is 0 Å². The minimum absolute atomic E-state index is 0.188. The van der Waals surface area contributed by atoms with E-state index in [0.717, 1.165) is 18.4 Å². The maximum atomic E-state index is 11.4. The molecular weight excluding hydrogens is 335 g/mol. The van der Waals surface area contributed by atoms with Gasteiger partial charge in [-0.05, 0) is 39.5 Å². The second-order valence-corrected chi connectivity index (χ2v) is 6.31. The molecule has 2 aliphatic rings. The third kappa shape index (κ3) is 1.83. The van der Waals surface area contributed by atoms with Crippen LogP contribution in [0.25, 0.3) is 0 Å². The van der Waals surface area contributed by atoms with Crippen LogP contribution in [0.5, 0.6) is 0 Å². The van der Waals surface area contributed by atoms with Crippen molar-refractivity contribution in [2.75, 3.05) is 0 Å². The molecule has 16 heavy (non-hydrogen) atoms. The van der Waals surface area contributed by atoms with Crippen molar-refractivity contribution in [3.8, 4) is 11.2 Å². The van der Waals surface area contributed by atoms with Gasteiger partial charge in [0, 0.05) is 33.0 Å².